The van der Waals surface area contributed by atoms with Crippen molar-refractivity contribution in [3.05, 3.63) is 28.2 Å². The monoisotopic (exact) mass is 333 g/mol. The van der Waals surface area contributed by atoms with E-state index >= 15 is 0 Å². The van der Waals surface area contributed by atoms with Crippen molar-refractivity contribution in [2.24, 2.45) is 4.99 Å². The Morgan fingerprint density at radius 1 is 1.11 bits per heavy atom. The van der Waals surface area contributed by atoms with E-state index in [4.69, 9.17) is 0 Å². The maximum Gasteiger partial charge on any atom is 0.429 e. The molecule has 0 saturated heterocycles. The molecule has 1 aromatic carbocycles. The van der Waals surface area contributed by atoms with Gasteiger partial charge in [-0.25, -0.2) is 4.99 Å². The number of nitrogens with zero attached hydrogens (tertiary/aromatic N) is 1. The molecule has 0 saturated carbocycles. The third-order valence-electron chi connectivity index (χ3n) is 1.97. The molecule has 8 heteroatoms. The quantitative estimate of drug-likeness (QED) is 0.499. The topological polar surface area (TPSA) is 12.4 Å². The summed E-state index contributed by atoms with van der Waals surface area (Å²) in [6.45, 7) is 0.740. The second kappa shape index (κ2) is 4.91. The molecule has 0 N–H and O–H groups in total. The third kappa shape index (κ3) is 3.72. The van der Waals surface area contributed by atoms with Gasteiger partial charge in [0, 0.05) is 4.47 Å². The summed E-state index contributed by atoms with van der Waals surface area (Å²) in [5, 5.41) is 0. The van der Waals surface area contributed by atoms with Crippen molar-refractivity contribution in [2.45, 2.75) is 19.3 Å². The first-order valence-corrected chi connectivity index (χ1v) is 5.30. The van der Waals surface area contributed by atoms with E-state index in [2.05, 4.69) is 20.9 Å². The van der Waals surface area contributed by atoms with Crippen LogP contribution in [0.2, 0.25) is 0 Å². The number of rotatable bonds is 1. The zero-order valence-corrected chi connectivity index (χ0v) is 10.4. The van der Waals surface area contributed by atoms with Crippen LogP contribution in [0.1, 0.15) is 12.5 Å². The third-order valence-corrected chi connectivity index (χ3v) is 2.61. The maximum absolute atomic E-state index is 12.3. The van der Waals surface area contributed by atoms with E-state index in [1.54, 1.807) is 0 Å². The van der Waals surface area contributed by atoms with Crippen LogP contribution in [0.4, 0.5) is 32.0 Å². The molecule has 0 aliphatic rings. The van der Waals surface area contributed by atoms with Crippen molar-refractivity contribution in [1.82, 2.24) is 0 Å². The first-order chi connectivity index (χ1) is 8.01. The van der Waals surface area contributed by atoms with E-state index in [1.165, 1.54) is 0 Å². The molecular formula is C10H6BrF6N. The molecule has 1 nitrogen and oxygen atoms in total. The highest BCUT2D eigenvalue weighted by atomic mass is 79.9. The van der Waals surface area contributed by atoms with Crippen LogP contribution in [0.5, 0.6) is 0 Å². The summed E-state index contributed by atoms with van der Waals surface area (Å²) in [7, 11) is 0. The molecule has 0 spiro atoms. The molecule has 0 aliphatic carbocycles. The number of aliphatic imine (C=N–C) groups is 1. The summed E-state index contributed by atoms with van der Waals surface area (Å²) < 4.78 is 73.4. The van der Waals surface area contributed by atoms with E-state index in [0.29, 0.717) is 12.1 Å². The Labute approximate surface area is 107 Å². The van der Waals surface area contributed by atoms with Crippen molar-refractivity contribution < 1.29 is 26.3 Å². The summed E-state index contributed by atoms with van der Waals surface area (Å²) in [4.78, 5) is 3.23. The van der Waals surface area contributed by atoms with Gasteiger partial charge in [-0.3, -0.25) is 0 Å². The van der Waals surface area contributed by atoms with Gasteiger partial charge in [-0.05, 0) is 41.1 Å². The number of halogens is 7. The number of benzene rings is 1. The van der Waals surface area contributed by atoms with Crippen LogP contribution in [-0.2, 0) is 6.18 Å². The molecule has 0 aromatic heterocycles. The lowest BCUT2D eigenvalue weighted by molar-refractivity contribution is -0.137. The Balaban J connectivity index is 3.16. The lowest BCUT2D eigenvalue weighted by Crippen LogP contribution is -2.18. The van der Waals surface area contributed by atoms with E-state index < -0.39 is 23.6 Å². The molecule has 100 valence electrons. The van der Waals surface area contributed by atoms with Crippen LogP contribution in [0.3, 0.4) is 0 Å². The van der Waals surface area contributed by atoms with Gasteiger partial charge < -0.3 is 0 Å². The van der Waals surface area contributed by atoms with Gasteiger partial charge in [0.2, 0.25) is 0 Å². The van der Waals surface area contributed by atoms with Gasteiger partial charge in [-0.1, -0.05) is 0 Å². The Hall–Kier alpha value is -1.05. The molecule has 0 radical (unpaired) electrons. The number of hydrogen-bond acceptors (Lipinski definition) is 1. The molecule has 18 heavy (non-hydrogen) atoms. The molecule has 1 rings (SSSR count). The smallest absolute Gasteiger partial charge is 0.248 e. The highest BCUT2D eigenvalue weighted by Gasteiger charge is 2.33. The first-order valence-electron chi connectivity index (χ1n) is 4.51. The van der Waals surface area contributed by atoms with E-state index in [-0.39, 0.29) is 10.2 Å². The molecule has 0 aliphatic heterocycles. The molecule has 0 unspecified atom stereocenters. The standard InChI is InChI=1S/C10H6BrF6N/c1-5(9(12,13)14)18-8-3-2-6(4-7(8)11)10(15,16)17/h2-4H,1H3. The van der Waals surface area contributed by atoms with Gasteiger partial charge >= 0.3 is 12.4 Å². The summed E-state index contributed by atoms with van der Waals surface area (Å²) >= 11 is 2.76. The van der Waals surface area contributed by atoms with Crippen molar-refractivity contribution in [3.8, 4) is 0 Å². The summed E-state index contributed by atoms with van der Waals surface area (Å²) in [6.07, 6.45) is -9.16. The second-order valence-electron chi connectivity index (χ2n) is 3.36. The maximum atomic E-state index is 12.3. The minimum atomic E-state index is -4.61. The summed E-state index contributed by atoms with van der Waals surface area (Å²) in [5.41, 5.74) is -2.31. The molecule has 0 heterocycles. The molecule has 0 amide bonds. The Morgan fingerprint density at radius 2 is 1.67 bits per heavy atom. The van der Waals surface area contributed by atoms with E-state index in [0.717, 1.165) is 13.0 Å². The van der Waals surface area contributed by atoms with E-state index in [1.807, 2.05) is 0 Å². The Bertz CT molecular complexity index is 474. The molecule has 0 fully saturated rings. The average Bonchev–Trinajstić information content (AvgIpc) is 2.17. The normalized spacial score (nSPS) is 13.9. The van der Waals surface area contributed by atoms with Crippen molar-refractivity contribution in [3.63, 3.8) is 0 Å². The van der Waals surface area contributed by atoms with Crippen molar-refractivity contribution in [2.75, 3.05) is 0 Å². The molecule has 1 aromatic rings. The van der Waals surface area contributed by atoms with Gasteiger partial charge in [0.25, 0.3) is 0 Å². The van der Waals surface area contributed by atoms with Gasteiger partial charge in [0.05, 0.1) is 11.3 Å². The zero-order valence-electron chi connectivity index (χ0n) is 8.83. The molecule has 0 bridgehead atoms. The lowest BCUT2D eigenvalue weighted by Gasteiger charge is -2.09. The zero-order chi connectivity index (χ0) is 14.1. The summed E-state index contributed by atoms with van der Waals surface area (Å²) in [6, 6.07) is 2.23. The van der Waals surface area contributed by atoms with Gasteiger partial charge in [-0.2, -0.15) is 26.3 Å². The fourth-order valence-electron chi connectivity index (χ4n) is 1.02. The van der Waals surface area contributed by atoms with Crippen molar-refractivity contribution in [1.29, 1.82) is 0 Å². The molecule has 0 atom stereocenters. The van der Waals surface area contributed by atoms with Gasteiger partial charge in [0.1, 0.15) is 5.71 Å². The van der Waals surface area contributed by atoms with Crippen LogP contribution in [0.15, 0.2) is 27.7 Å². The van der Waals surface area contributed by atoms with Crippen LogP contribution < -0.4 is 0 Å². The highest BCUT2D eigenvalue weighted by molar-refractivity contribution is 9.10. The minimum absolute atomic E-state index is 0.152. The summed E-state index contributed by atoms with van der Waals surface area (Å²) in [5.74, 6) is 0. The van der Waals surface area contributed by atoms with Crippen LogP contribution in [0, 0.1) is 0 Å². The fourth-order valence-corrected chi connectivity index (χ4v) is 1.49. The van der Waals surface area contributed by atoms with Crippen LogP contribution in [-0.4, -0.2) is 11.9 Å². The SMILES string of the molecule is CC(=Nc1ccc(C(F)(F)F)cc1Br)C(F)(F)F. The van der Waals surface area contributed by atoms with Gasteiger partial charge in [-0.15, -0.1) is 0 Å². The predicted octanol–water partition coefficient (Wildman–Crippen LogP) is 5.12. The fraction of sp³-hybridized carbons (Fsp3) is 0.300. The average molecular weight is 334 g/mol. The van der Waals surface area contributed by atoms with Crippen LogP contribution >= 0.6 is 15.9 Å². The lowest BCUT2D eigenvalue weighted by atomic mass is 10.2. The molecular weight excluding hydrogens is 328 g/mol. The van der Waals surface area contributed by atoms with Crippen molar-refractivity contribution >= 4 is 27.3 Å². The largest absolute Gasteiger partial charge is 0.429 e. The Morgan fingerprint density at radius 3 is 2.06 bits per heavy atom. The Kier molecular flexibility index (Phi) is 4.09. The van der Waals surface area contributed by atoms with E-state index in [9.17, 15) is 26.3 Å². The second-order valence-corrected chi connectivity index (χ2v) is 4.21. The minimum Gasteiger partial charge on any atom is -0.248 e. The first kappa shape index (κ1) is 15.0. The van der Waals surface area contributed by atoms with Crippen LogP contribution in [0.25, 0.3) is 0 Å². The van der Waals surface area contributed by atoms with Gasteiger partial charge in [0.15, 0.2) is 0 Å². The highest BCUT2D eigenvalue weighted by Crippen LogP contribution is 2.35. The predicted molar refractivity (Wildman–Crippen MR) is 58.0 cm³/mol. The number of alkyl halides is 6. The number of hydrogen-bond donors (Lipinski definition) is 0.